The molecule has 33 heteroatoms. The average Bonchev–Trinajstić information content (AvgIpc) is 1.75. The Balaban J connectivity index is 0.000000212. The number of aromatic nitrogens is 4. The van der Waals surface area contributed by atoms with Crippen molar-refractivity contribution in [2.45, 2.75) is 105 Å². The predicted octanol–water partition coefficient (Wildman–Crippen LogP) is 26.4. The number of hydrogen-bond acceptors (Lipinski definition) is 18. The van der Waals surface area contributed by atoms with Gasteiger partial charge < -0.3 is 59.3 Å². The number of carbonyl (C=O) groups excluding carboxylic acids is 3. The van der Waals surface area contributed by atoms with Crippen LogP contribution in [0, 0.1) is 36.4 Å². The van der Waals surface area contributed by atoms with Gasteiger partial charge in [-0.3, -0.25) is 14.4 Å². The van der Waals surface area contributed by atoms with Crippen LogP contribution in [0.2, 0.25) is 35.2 Å². The zero-order valence-electron chi connectivity index (χ0n) is 69.1. The second-order valence-electron chi connectivity index (χ2n) is 30.1. The van der Waals surface area contributed by atoms with Crippen molar-refractivity contribution in [3.05, 3.63) is 309 Å². The zero-order valence-corrected chi connectivity index (χ0v) is 78.4. The molecular formula is C94H93Br2Cl8FN12O10. The van der Waals surface area contributed by atoms with E-state index in [-0.39, 0.29) is 73.7 Å². The number of primary amides is 1. The molecule has 7 aromatic carbocycles. The second-order valence-corrected chi connectivity index (χ2v) is 34.8. The molecule has 0 unspecified atom stereocenters. The van der Waals surface area contributed by atoms with Crippen LogP contribution in [0.15, 0.2) is 228 Å². The Bertz CT molecular complexity index is 5600. The van der Waals surface area contributed by atoms with Crippen molar-refractivity contribution in [3.63, 3.8) is 0 Å². The Morgan fingerprint density at radius 2 is 0.827 bits per heavy atom. The van der Waals surface area contributed by atoms with Gasteiger partial charge in [0.2, 0.25) is 40.6 Å². The highest BCUT2D eigenvalue weighted by Crippen LogP contribution is 2.41. The van der Waals surface area contributed by atoms with Crippen LogP contribution in [-0.4, -0.2) is 119 Å². The molecule has 4 fully saturated rings. The third-order valence-corrected chi connectivity index (χ3v) is 21.9. The van der Waals surface area contributed by atoms with E-state index in [0.29, 0.717) is 118 Å². The lowest BCUT2D eigenvalue weighted by atomic mass is 9.82. The summed E-state index contributed by atoms with van der Waals surface area (Å²) in [6.45, 7) is 38.7. The minimum absolute atomic E-state index is 0. The number of rotatable bonds is 18. The molecule has 4 aliphatic rings. The maximum Gasteiger partial charge on any atom is 0.250 e. The number of phenols is 1. The van der Waals surface area contributed by atoms with Gasteiger partial charge in [-0.05, 0) is 171 Å². The molecule has 1 amide bonds. The second kappa shape index (κ2) is 51.0. The van der Waals surface area contributed by atoms with Crippen LogP contribution in [0.1, 0.15) is 91.4 Å². The first-order chi connectivity index (χ1) is 59.8. The van der Waals surface area contributed by atoms with Crippen LogP contribution in [0.3, 0.4) is 0 Å². The molecule has 0 saturated carbocycles. The third kappa shape index (κ3) is 32.4. The van der Waals surface area contributed by atoms with E-state index in [2.05, 4.69) is 86.3 Å². The first kappa shape index (κ1) is 104. The van der Waals surface area contributed by atoms with Crippen molar-refractivity contribution in [2.75, 3.05) is 67.1 Å². The molecular weight excluding hydrogens is 1920 g/mol. The van der Waals surface area contributed by atoms with Crippen LogP contribution in [-0.2, 0) is 9.59 Å². The van der Waals surface area contributed by atoms with Gasteiger partial charge in [-0.15, -0.1) is 12.4 Å². The maximum absolute atomic E-state index is 12.5. The van der Waals surface area contributed by atoms with Crippen molar-refractivity contribution in [2.24, 2.45) is 16.6 Å². The largest absolute Gasteiger partial charge is 0.506 e. The normalized spacial score (nSPS) is 15.1. The monoisotopic (exact) mass is 2010 g/mol. The van der Waals surface area contributed by atoms with Crippen molar-refractivity contribution in [1.82, 2.24) is 25.3 Å². The lowest BCUT2D eigenvalue weighted by Crippen LogP contribution is -2.28. The van der Waals surface area contributed by atoms with Crippen molar-refractivity contribution in [1.29, 1.82) is 0 Å². The number of pyridine rings is 4. The van der Waals surface area contributed by atoms with E-state index in [1.807, 2.05) is 102 Å². The SMILES string of the molecule is C.CC(C)(C)C(=O)CC(=O)C(C)(C)C.Cl.Clc1cccnc1O[C@H]1CCNC1.NC(=O)c1cc(Oc2ccccc2Cl)ccc1N1CC[C@H](Oc2ncccc2Cl)C1.Oc1ccccc1Cl.[C-]#[N+]c1cc(Br)ccc1F.[C-]#[N+]c1cc(Br)ccc1N1CC[C@H](Oc2ncccc2Cl)C1.[C-]#[N+]c1cc(Oc2ccccc2Cl)ccc1N1CC[C@H](Oc2ncccc2Cl)C1. The van der Waals surface area contributed by atoms with Gasteiger partial charge in [-0.2, -0.15) is 0 Å². The number of aromatic hydroxyl groups is 1. The summed E-state index contributed by atoms with van der Waals surface area (Å²) in [5.41, 5.74) is 8.95. The van der Waals surface area contributed by atoms with Crippen molar-refractivity contribution < 1.29 is 52.3 Å². The zero-order chi connectivity index (χ0) is 90.3. The Morgan fingerprint density at radius 3 is 1.19 bits per heavy atom. The molecule has 127 heavy (non-hydrogen) atoms. The number of benzene rings is 7. The van der Waals surface area contributed by atoms with E-state index in [1.54, 1.807) is 146 Å². The fourth-order valence-electron chi connectivity index (χ4n) is 12.2. The number of amides is 1. The summed E-state index contributed by atoms with van der Waals surface area (Å²) in [6.07, 6.45) is 10.3. The van der Waals surface area contributed by atoms with Gasteiger partial charge in [-0.25, -0.2) is 38.9 Å². The fraction of sp³-hybridized carbons (Fsp3) is 0.277. The van der Waals surface area contributed by atoms with Gasteiger partial charge in [0.1, 0.15) is 90.6 Å². The quantitative estimate of drug-likeness (QED) is 0.0534. The van der Waals surface area contributed by atoms with Gasteiger partial charge in [0.25, 0.3) is 5.91 Å². The molecule has 4 aliphatic heterocycles. The summed E-state index contributed by atoms with van der Waals surface area (Å²) in [5.74, 6) is 3.13. The molecule has 8 heterocycles. The number of halogens is 11. The molecule has 15 rings (SSSR count). The predicted molar refractivity (Wildman–Crippen MR) is 515 cm³/mol. The number of Topliss-reactive ketones (excluding diaryl/α,β-unsaturated/α-hetero) is 2. The standard InChI is InChI=1S/C22H19Cl2N3O3.C22H17Cl2N3O2.C16H13BrClN3O.C11H20O2.C9H11ClN2O.C7H3BrFN.C6H5ClO.CH4.ClH/c23-17-4-1-2-6-20(17)29-14-7-8-19(16(12-14)21(25)28)27-11-9-15(13-27)30-22-18(24)5-3-10-26-22;1-25-19-13-15(28-21-7-3-2-5-17(21)23)8-9-20(19)27-12-10-16(14-27)29-22-18(24)6-4-11-26-22;1-19-14-9-11(17)4-5-15(14)21-8-6-12(10-21)22-16-13(18)3-2-7-20-16;1-10(2,3)8(12)7-9(13)11(4,5)6;10-8-2-1-4-12-9(8)13-7-3-5-11-6-7;1-10-7-4-5(8)2-3-6(7)9;7-5-3-1-2-4-6(5)8;;/h1-8,10,12,15H,9,11,13H2,(H2,25,28);2-9,11,13,16H,10,12,14H2;2-5,7,9,12H,6,8,10H2;7H2,1-6H3;1-2,4,7,11H,3,5-6H2;2-4H;1-4,8H;1H4;1H/t15-;16-;12-;;7-;;;;/m000.0..../s1. The number of carbonyl (C=O) groups is 3. The van der Waals surface area contributed by atoms with E-state index in [1.165, 1.54) is 12.1 Å². The fourth-order valence-corrected chi connectivity index (χ4v) is 14.0. The Labute approximate surface area is 798 Å². The third-order valence-electron chi connectivity index (χ3n) is 18.8. The lowest BCUT2D eigenvalue weighted by Gasteiger charge is -2.22. The van der Waals surface area contributed by atoms with Gasteiger partial charge in [0.15, 0.2) is 0 Å². The molecule has 0 radical (unpaired) electrons. The van der Waals surface area contributed by atoms with Gasteiger partial charge in [-0.1, -0.05) is 198 Å². The molecule has 0 bridgehead atoms. The number of nitrogens with two attached hydrogens (primary N) is 1. The molecule has 0 aliphatic carbocycles. The number of ether oxygens (including phenoxy) is 6. The number of hydrogen-bond donors (Lipinski definition) is 3. The lowest BCUT2D eigenvalue weighted by molar-refractivity contribution is -0.135. The number of ketones is 2. The van der Waals surface area contributed by atoms with Gasteiger partial charge in [0.05, 0.1) is 66.4 Å². The van der Waals surface area contributed by atoms with Crippen LogP contribution >= 0.6 is 125 Å². The van der Waals surface area contributed by atoms with Gasteiger partial charge >= 0.3 is 0 Å². The smallest absolute Gasteiger partial charge is 0.250 e. The van der Waals surface area contributed by atoms with E-state index < -0.39 is 22.6 Å². The molecule has 11 aromatic rings. The molecule has 0 spiro atoms. The number of nitrogens with one attached hydrogen (secondary N) is 1. The van der Waals surface area contributed by atoms with Crippen LogP contribution in [0.5, 0.6) is 52.3 Å². The summed E-state index contributed by atoms with van der Waals surface area (Å²) in [6, 6.07) is 55.9. The Morgan fingerprint density at radius 1 is 0.472 bits per heavy atom. The summed E-state index contributed by atoms with van der Waals surface area (Å²) in [5, 5.41) is 15.5. The number of phenolic OH excluding ortho intramolecular Hbond substituents is 1. The van der Waals surface area contributed by atoms with E-state index >= 15 is 0 Å². The number of para-hydroxylation sites is 3. The molecule has 4 aromatic heterocycles. The first-order valence-electron chi connectivity index (χ1n) is 39.1. The summed E-state index contributed by atoms with van der Waals surface area (Å²) < 4.78 is 49.2. The summed E-state index contributed by atoms with van der Waals surface area (Å²) in [4.78, 5) is 68.3. The molecule has 22 nitrogen and oxygen atoms in total. The first-order valence-corrected chi connectivity index (χ1v) is 43.3. The highest BCUT2D eigenvalue weighted by molar-refractivity contribution is 9.10. The average molecular weight is 2010 g/mol. The Hall–Kier alpha value is -10.4. The molecule has 4 N–H and O–H groups in total. The number of nitrogens with zero attached hydrogens (tertiary/aromatic N) is 10. The molecule has 666 valence electrons. The minimum atomic E-state index is -0.535. The van der Waals surface area contributed by atoms with Crippen LogP contribution in [0.4, 0.5) is 38.5 Å². The topological polar surface area (TPSA) is 239 Å². The highest BCUT2D eigenvalue weighted by Gasteiger charge is 2.33. The van der Waals surface area contributed by atoms with E-state index in [0.717, 1.165) is 84.4 Å². The van der Waals surface area contributed by atoms with E-state index in [4.69, 9.17) is 140 Å². The van der Waals surface area contributed by atoms with Crippen LogP contribution < -0.4 is 54.2 Å². The van der Waals surface area contributed by atoms with Crippen LogP contribution in [0.25, 0.3) is 14.5 Å². The van der Waals surface area contributed by atoms with E-state index in [9.17, 15) is 18.8 Å². The summed E-state index contributed by atoms with van der Waals surface area (Å²) >= 11 is 48.5. The van der Waals surface area contributed by atoms with Crippen molar-refractivity contribution in [3.8, 4) is 52.3 Å². The minimum Gasteiger partial charge on any atom is -0.506 e. The highest BCUT2D eigenvalue weighted by atomic mass is 79.9. The van der Waals surface area contributed by atoms with Crippen molar-refractivity contribution >= 4 is 177 Å². The summed E-state index contributed by atoms with van der Waals surface area (Å²) in [7, 11) is 0. The molecule has 4 atom stereocenters. The Kier molecular flexibility index (Phi) is 41.6. The molecule has 4 saturated heterocycles. The maximum atomic E-state index is 12.5. The number of anilines is 3. The van der Waals surface area contributed by atoms with Gasteiger partial charge in [0, 0.05) is 107 Å².